The summed E-state index contributed by atoms with van der Waals surface area (Å²) in [6, 6.07) is 11.3. The first kappa shape index (κ1) is 30.4. The third-order valence-electron chi connectivity index (χ3n) is 6.24. The summed E-state index contributed by atoms with van der Waals surface area (Å²) in [5.41, 5.74) is -6.83. The molecule has 0 aliphatic carbocycles. The zero-order valence-electron chi connectivity index (χ0n) is 21.1. The molecule has 0 spiro atoms. The summed E-state index contributed by atoms with van der Waals surface area (Å²) in [6.45, 7) is -0.724. The molecule has 0 bridgehead atoms. The Morgan fingerprint density at radius 1 is 0.810 bits per heavy atom. The Bertz CT molecular complexity index is 1920. The van der Waals surface area contributed by atoms with Gasteiger partial charge in [0.15, 0.2) is 9.84 Å². The molecule has 218 valence electrons. The monoisotopic (exact) mass is 612 g/mol. The van der Waals surface area contributed by atoms with Crippen LogP contribution in [0.15, 0.2) is 76.4 Å². The van der Waals surface area contributed by atoms with E-state index in [2.05, 4.69) is 0 Å². The highest BCUT2D eigenvalue weighted by atomic mass is 32.2. The Labute approximate surface area is 232 Å². The van der Waals surface area contributed by atoms with Crippen LogP contribution in [0.1, 0.15) is 22.3 Å². The number of nitrogens with zero attached hydrogens (tertiary/aromatic N) is 2. The van der Waals surface area contributed by atoms with E-state index in [-0.39, 0.29) is 22.3 Å². The van der Waals surface area contributed by atoms with Crippen molar-refractivity contribution in [3.05, 3.63) is 111 Å². The third kappa shape index (κ3) is 6.06. The van der Waals surface area contributed by atoms with E-state index < -0.39 is 73.2 Å². The summed E-state index contributed by atoms with van der Waals surface area (Å²) in [4.78, 5) is 12.2. The van der Waals surface area contributed by atoms with Gasteiger partial charge in [0.05, 0.1) is 28.3 Å². The van der Waals surface area contributed by atoms with Crippen molar-refractivity contribution in [2.45, 2.75) is 23.8 Å². The largest absolute Gasteiger partial charge is 0.417 e. The van der Waals surface area contributed by atoms with Crippen LogP contribution in [0.4, 0.5) is 35.1 Å². The Balaban J connectivity index is 1.98. The minimum atomic E-state index is -5.17. The van der Waals surface area contributed by atoms with Crippen LogP contribution in [-0.4, -0.2) is 19.2 Å². The number of benzene rings is 3. The van der Waals surface area contributed by atoms with Crippen molar-refractivity contribution in [1.29, 1.82) is 5.26 Å². The van der Waals surface area contributed by atoms with Crippen molar-refractivity contribution in [2.75, 3.05) is 6.26 Å². The van der Waals surface area contributed by atoms with E-state index in [9.17, 15) is 53.6 Å². The van der Waals surface area contributed by atoms with Gasteiger partial charge in [0.25, 0.3) is 5.56 Å². The van der Waals surface area contributed by atoms with Gasteiger partial charge in [0.1, 0.15) is 23.3 Å². The molecule has 14 heteroatoms. The summed E-state index contributed by atoms with van der Waals surface area (Å²) in [6.07, 6.45) is -9.63. The van der Waals surface area contributed by atoms with Gasteiger partial charge in [-0.25, -0.2) is 17.2 Å². The minimum Gasteiger partial charge on any atom is -0.303 e. The summed E-state index contributed by atoms with van der Waals surface area (Å²) in [5.74, 6) is -2.08. The van der Waals surface area contributed by atoms with Gasteiger partial charge in [0, 0.05) is 17.9 Å². The van der Waals surface area contributed by atoms with Gasteiger partial charge in [-0.2, -0.15) is 31.6 Å². The number of pyridine rings is 1. The number of alkyl halides is 6. The van der Waals surface area contributed by atoms with E-state index in [0.717, 1.165) is 30.3 Å². The van der Waals surface area contributed by atoms with Crippen LogP contribution in [0.5, 0.6) is 0 Å². The van der Waals surface area contributed by atoms with Crippen molar-refractivity contribution in [3.63, 3.8) is 0 Å². The third-order valence-corrected chi connectivity index (χ3v) is 7.39. The molecule has 0 N–H and O–H groups in total. The SMILES string of the molecule is CS(=O)(=O)c1ccc(-c2cccc(-c3cc(C(F)(F)F)c(C#N)c(=O)n3Cc3ccc(F)cc3F)c2)cc1C(F)(F)F. The van der Waals surface area contributed by atoms with Crippen LogP contribution in [0.3, 0.4) is 0 Å². The van der Waals surface area contributed by atoms with Gasteiger partial charge in [-0.15, -0.1) is 0 Å². The van der Waals surface area contributed by atoms with E-state index in [1.807, 2.05) is 0 Å². The Kier molecular flexibility index (Phi) is 7.77. The number of rotatable bonds is 5. The maximum absolute atomic E-state index is 14.5. The fourth-order valence-corrected chi connectivity index (χ4v) is 5.20. The zero-order chi connectivity index (χ0) is 31.2. The lowest BCUT2D eigenvalue weighted by molar-refractivity contribution is -0.140. The smallest absolute Gasteiger partial charge is 0.303 e. The van der Waals surface area contributed by atoms with Gasteiger partial charge in [-0.3, -0.25) is 4.79 Å². The van der Waals surface area contributed by atoms with Crippen molar-refractivity contribution in [2.24, 2.45) is 0 Å². The summed E-state index contributed by atoms with van der Waals surface area (Å²) in [5, 5.41) is 9.35. The average Bonchev–Trinajstić information content (AvgIpc) is 2.89. The van der Waals surface area contributed by atoms with Crippen LogP contribution in [-0.2, 0) is 28.7 Å². The molecule has 4 rings (SSSR count). The second kappa shape index (κ2) is 10.7. The Morgan fingerprint density at radius 3 is 2.00 bits per heavy atom. The van der Waals surface area contributed by atoms with E-state index in [1.165, 1.54) is 24.3 Å². The molecule has 0 amide bonds. The predicted octanol–water partition coefficient (Wildman–Crippen LogP) is 6.82. The normalized spacial score (nSPS) is 12.3. The van der Waals surface area contributed by atoms with Crippen molar-refractivity contribution < 1.29 is 43.5 Å². The van der Waals surface area contributed by atoms with Crippen LogP contribution >= 0.6 is 0 Å². The first-order chi connectivity index (χ1) is 19.4. The summed E-state index contributed by atoms with van der Waals surface area (Å²) >= 11 is 0. The van der Waals surface area contributed by atoms with E-state index in [0.29, 0.717) is 29.0 Å². The van der Waals surface area contributed by atoms with Crippen molar-refractivity contribution >= 4 is 9.84 Å². The Hall–Kier alpha value is -4.51. The second-order valence-corrected chi connectivity index (χ2v) is 11.1. The highest BCUT2D eigenvalue weighted by molar-refractivity contribution is 7.90. The number of hydrogen-bond acceptors (Lipinski definition) is 4. The fourth-order valence-electron chi connectivity index (χ4n) is 4.31. The maximum Gasteiger partial charge on any atom is 0.417 e. The van der Waals surface area contributed by atoms with E-state index in [1.54, 1.807) is 0 Å². The van der Waals surface area contributed by atoms with Crippen molar-refractivity contribution in [3.8, 4) is 28.5 Å². The van der Waals surface area contributed by atoms with Crippen LogP contribution in [0.25, 0.3) is 22.4 Å². The quantitative estimate of drug-likeness (QED) is 0.232. The molecule has 1 aromatic heterocycles. The molecule has 1 heterocycles. The molecule has 0 radical (unpaired) electrons. The first-order valence-electron chi connectivity index (χ1n) is 11.6. The number of nitriles is 1. The van der Waals surface area contributed by atoms with Gasteiger partial charge in [-0.05, 0) is 47.0 Å². The molecule has 0 aliphatic rings. The highest BCUT2D eigenvalue weighted by Crippen LogP contribution is 2.38. The average molecular weight is 612 g/mol. The van der Waals surface area contributed by atoms with Crippen LogP contribution in [0.2, 0.25) is 0 Å². The van der Waals surface area contributed by atoms with Gasteiger partial charge < -0.3 is 4.57 Å². The van der Waals surface area contributed by atoms with Gasteiger partial charge >= 0.3 is 12.4 Å². The first-order valence-corrected chi connectivity index (χ1v) is 13.5. The van der Waals surface area contributed by atoms with Crippen LogP contribution in [0, 0.1) is 23.0 Å². The lowest BCUT2D eigenvalue weighted by Gasteiger charge is -2.19. The molecule has 0 saturated heterocycles. The fraction of sp³-hybridized carbons (Fsp3) is 0.143. The lowest BCUT2D eigenvalue weighted by Crippen LogP contribution is -2.29. The zero-order valence-corrected chi connectivity index (χ0v) is 21.9. The minimum absolute atomic E-state index is 0.00271. The molecule has 42 heavy (non-hydrogen) atoms. The van der Waals surface area contributed by atoms with E-state index >= 15 is 0 Å². The van der Waals surface area contributed by atoms with Gasteiger partial charge in [0.2, 0.25) is 0 Å². The molecule has 0 fully saturated rings. The molecule has 0 atom stereocenters. The van der Waals surface area contributed by atoms with E-state index in [4.69, 9.17) is 0 Å². The second-order valence-electron chi connectivity index (χ2n) is 9.12. The van der Waals surface area contributed by atoms with Crippen LogP contribution < -0.4 is 5.56 Å². The molecule has 5 nitrogen and oxygen atoms in total. The number of aromatic nitrogens is 1. The molecular weight excluding hydrogens is 596 g/mol. The molecule has 0 aliphatic heterocycles. The highest BCUT2D eigenvalue weighted by Gasteiger charge is 2.38. The molecular formula is C28H16F8N2O3S. The molecule has 0 saturated carbocycles. The summed E-state index contributed by atoms with van der Waals surface area (Å²) < 4.78 is 135. The molecule has 3 aromatic carbocycles. The van der Waals surface area contributed by atoms with Gasteiger partial charge in [-0.1, -0.05) is 30.3 Å². The topological polar surface area (TPSA) is 79.9 Å². The number of hydrogen-bond donors (Lipinski definition) is 0. The number of halogens is 8. The van der Waals surface area contributed by atoms with Crippen molar-refractivity contribution in [1.82, 2.24) is 4.57 Å². The summed E-state index contributed by atoms with van der Waals surface area (Å²) in [7, 11) is -4.28. The standard InChI is InChI=1S/C28H16F8N2O3S/c1-42(40,41)25-8-6-16(10-22(25)28(34,35)36)15-3-2-4-17(9-15)24-12-21(27(31,32)33)20(13-37)26(39)38(24)14-18-5-7-19(29)11-23(18)30/h2-12H,14H2,1H3. The Morgan fingerprint density at radius 2 is 1.43 bits per heavy atom. The molecule has 4 aromatic rings. The predicted molar refractivity (Wildman–Crippen MR) is 135 cm³/mol. The molecule has 0 unspecified atom stereocenters. The lowest BCUT2D eigenvalue weighted by atomic mass is 9.98. The number of sulfone groups is 1. The maximum atomic E-state index is 14.5.